The SMILES string of the molecule is Bc1cc(C)cc(C(F)(F)F)c1. The first-order valence-corrected chi connectivity index (χ1v) is 3.55. The summed E-state index contributed by atoms with van der Waals surface area (Å²) in [7, 11) is 1.66. The second kappa shape index (κ2) is 2.85. The van der Waals surface area contributed by atoms with Gasteiger partial charge in [0.2, 0.25) is 0 Å². The van der Waals surface area contributed by atoms with E-state index in [1.54, 1.807) is 20.8 Å². The molecule has 12 heavy (non-hydrogen) atoms. The van der Waals surface area contributed by atoms with Crippen LogP contribution in [0.3, 0.4) is 0 Å². The molecular weight excluding hydrogens is 164 g/mol. The van der Waals surface area contributed by atoms with E-state index >= 15 is 0 Å². The second-order valence-corrected chi connectivity index (χ2v) is 2.87. The Bertz CT molecular complexity index is 271. The molecule has 0 aliphatic rings. The summed E-state index contributed by atoms with van der Waals surface area (Å²) >= 11 is 0. The fourth-order valence-electron chi connectivity index (χ4n) is 1.14. The van der Waals surface area contributed by atoms with Crippen LogP contribution >= 0.6 is 0 Å². The summed E-state index contributed by atoms with van der Waals surface area (Å²) in [5, 5.41) is 0. The minimum Gasteiger partial charge on any atom is -0.166 e. The summed E-state index contributed by atoms with van der Waals surface area (Å²) < 4.78 is 36.4. The van der Waals surface area contributed by atoms with Crippen LogP contribution in [0.5, 0.6) is 0 Å². The van der Waals surface area contributed by atoms with Crippen LogP contribution < -0.4 is 5.46 Å². The third-order valence-corrected chi connectivity index (χ3v) is 1.55. The molecule has 0 heterocycles. The Morgan fingerprint density at radius 3 is 2.17 bits per heavy atom. The highest BCUT2D eigenvalue weighted by atomic mass is 19.4. The van der Waals surface area contributed by atoms with Gasteiger partial charge in [0.05, 0.1) is 5.56 Å². The summed E-state index contributed by atoms with van der Waals surface area (Å²) in [5.41, 5.74) is 0.713. The highest BCUT2D eigenvalue weighted by molar-refractivity contribution is 6.32. The van der Waals surface area contributed by atoms with Gasteiger partial charge >= 0.3 is 6.18 Å². The molecule has 0 aliphatic heterocycles. The van der Waals surface area contributed by atoms with Crippen LogP contribution in [0.2, 0.25) is 0 Å². The first kappa shape index (κ1) is 9.17. The minimum absolute atomic E-state index is 0.569. The van der Waals surface area contributed by atoms with Gasteiger partial charge in [-0.15, -0.1) is 0 Å². The molecule has 0 amide bonds. The highest BCUT2D eigenvalue weighted by Crippen LogP contribution is 2.28. The van der Waals surface area contributed by atoms with Crippen molar-refractivity contribution >= 4 is 13.3 Å². The Morgan fingerprint density at radius 1 is 1.17 bits per heavy atom. The second-order valence-electron chi connectivity index (χ2n) is 2.87. The van der Waals surface area contributed by atoms with Gasteiger partial charge < -0.3 is 0 Å². The lowest BCUT2D eigenvalue weighted by molar-refractivity contribution is -0.137. The summed E-state index contributed by atoms with van der Waals surface area (Å²) in [4.78, 5) is 0. The molecule has 0 aromatic heterocycles. The molecule has 0 bridgehead atoms. The van der Waals surface area contributed by atoms with E-state index in [9.17, 15) is 13.2 Å². The number of alkyl halides is 3. The van der Waals surface area contributed by atoms with Crippen LogP contribution in [-0.4, -0.2) is 7.85 Å². The number of aryl methyl sites for hydroxylation is 1. The Balaban J connectivity index is 3.18. The quantitative estimate of drug-likeness (QED) is 0.517. The van der Waals surface area contributed by atoms with Gasteiger partial charge in [-0.1, -0.05) is 23.2 Å². The molecule has 0 atom stereocenters. The predicted molar refractivity (Wildman–Crippen MR) is 44.4 cm³/mol. The fourth-order valence-corrected chi connectivity index (χ4v) is 1.14. The first-order chi connectivity index (χ1) is 5.39. The Morgan fingerprint density at radius 2 is 1.75 bits per heavy atom. The lowest BCUT2D eigenvalue weighted by Crippen LogP contribution is -2.11. The Hall–Kier alpha value is -0.925. The zero-order valence-electron chi connectivity index (χ0n) is 6.87. The van der Waals surface area contributed by atoms with E-state index in [1.165, 1.54) is 0 Å². The topological polar surface area (TPSA) is 0 Å². The third-order valence-electron chi connectivity index (χ3n) is 1.55. The molecule has 0 radical (unpaired) electrons. The maximum absolute atomic E-state index is 12.1. The van der Waals surface area contributed by atoms with Crippen molar-refractivity contribution in [1.82, 2.24) is 0 Å². The van der Waals surface area contributed by atoms with Gasteiger partial charge in [-0.25, -0.2) is 0 Å². The van der Waals surface area contributed by atoms with Gasteiger partial charge in [0, 0.05) is 0 Å². The molecule has 0 N–H and O–H groups in total. The zero-order valence-corrected chi connectivity index (χ0v) is 6.87. The fraction of sp³-hybridized carbons (Fsp3) is 0.250. The zero-order chi connectivity index (χ0) is 9.35. The molecule has 1 rings (SSSR count). The molecule has 64 valence electrons. The van der Waals surface area contributed by atoms with Gasteiger partial charge in [0.15, 0.2) is 0 Å². The van der Waals surface area contributed by atoms with E-state index in [2.05, 4.69) is 0 Å². The Labute approximate surface area is 69.8 Å². The normalized spacial score (nSPS) is 11.7. The van der Waals surface area contributed by atoms with E-state index in [1.807, 2.05) is 0 Å². The lowest BCUT2D eigenvalue weighted by atomic mass is 9.92. The van der Waals surface area contributed by atoms with E-state index in [-0.39, 0.29) is 0 Å². The number of halogens is 3. The van der Waals surface area contributed by atoms with Crippen LogP contribution in [0, 0.1) is 6.92 Å². The molecule has 0 aliphatic carbocycles. The van der Waals surface area contributed by atoms with Crippen LogP contribution in [-0.2, 0) is 6.18 Å². The molecule has 0 fully saturated rings. The third kappa shape index (κ3) is 2.03. The standard InChI is InChI=1S/C8H8BF3/c1-5-2-6(8(10,11)12)4-7(9)3-5/h2-4H,9H2,1H3. The van der Waals surface area contributed by atoms with E-state index < -0.39 is 11.7 Å². The van der Waals surface area contributed by atoms with Gasteiger partial charge in [-0.05, 0) is 13.0 Å². The molecule has 1 aromatic rings. The number of benzene rings is 1. The molecule has 0 unspecified atom stereocenters. The van der Waals surface area contributed by atoms with Crippen molar-refractivity contribution in [3.63, 3.8) is 0 Å². The Kier molecular flexibility index (Phi) is 2.17. The first-order valence-electron chi connectivity index (χ1n) is 3.55. The van der Waals surface area contributed by atoms with Crippen molar-refractivity contribution in [3.05, 3.63) is 29.3 Å². The van der Waals surface area contributed by atoms with Crippen molar-refractivity contribution in [2.75, 3.05) is 0 Å². The van der Waals surface area contributed by atoms with Crippen LogP contribution in [0.1, 0.15) is 11.1 Å². The smallest absolute Gasteiger partial charge is 0.166 e. The average molecular weight is 172 g/mol. The monoisotopic (exact) mass is 172 g/mol. The molecule has 0 saturated carbocycles. The van der Waals surface area contributed by atoms with E-state index in [0.29, 0.717) is 11.0 Å². The highest BCUT2D eigenvalue weighted by Gasteiger charge is 2.30. The maximum atomic E-state index is 12.1. The molecule has 1 aromatic carbocycles. The molecule has 0 nitrogen and oxygen atoms in total. The summed E-state index contributed by atoms with van der Waals surface area (Å²) in [5.74, 6) is 0. The predicted octanol–water partition coefficient (Wildman–Crippen LogP) is 1.27. The molecule has 0 spiro atoms. The molecule has 0 saturated heterocycles. The van der Waals surface area contributed by atoms with Crippen molar-refractivity contribution in [3.8, 4) is 0 Å². The lowest BCUT2D eigenvalue weighted by Gasteiger charge is -2.08. The summed E-state index contributed by atoms with van der Waals surface area (Å²) in [6.07, 6.45) is -4.23. The summed E-state index contributed by atoms with van der Waals surface area (Å²) in [6.45, 7) is 1.66. The number of hydrogen-bond donors (Lipinski definition) is 0. The van der Waals surface area contributed by atoms with Crippen molar-refractivity contribution < 1.29 is 13.2 Å². The van der Waals surface area contributed by atoms with Crippen LogP contribution in [0.4, 0.5) is 13.2 Å². The number of rotatable bonds is 0. The van der Waals surface area contributed by atoms with Crippen LogP contribution in [0.15, 0.2) is 18.2 Å². The van der Waals surface area contributed by atoms with E-state index in [0.717, 1.165) is 12.1 Å². The average Bonchev–Trinajstić information content (AvgIpc) is 1.82. The molecular formula is C8H8BF3. The van der Waals surface area contributed by atoms with Gasteiger partial charge in [-0.3, -0.25) is 0 Å². The van der Waals surface area contributed by atoms with Crippen LogP contribution in [0.25, 0.3) is 0 Å². The van der Waals surface area contributed by atoms with E-state index in [4.69, 9.17) is 0 Å². The number of hydrogen-bond acceptors (Lipinski definition) is 0. The van der Waals surface area contributed by atoms with Crippen molar-refractivity contribution in [2.24, 2.45) is 0 Å². The van der Waals surface area contributed by atoms with Gasteiger partial charge in [-0.2, -0.15) is 13.2 Å². The van der Waals surface area contributed by atoms with Gasteiger partial charge in [0.1, 0.15) is 7.85 Å². The summed E-state index contributed by atoms with van der Waals surface area (Å²) in [6, 6.07) is 4.01. The van der Waals surface area contributed by atoms with Crippen molar-refractivity contribution in [2.45, 2.75) is 13.1 Å². The molecule has 4 heteroatoms. The largest absolute Gasteiger partial charge is 0.416 e. The maximum Gasteiger partial charge on any atom is 0.416 e. The van der Waals surface area contributed by atoms with Gasteiger partial charge in [0.25, 0.3) is 0 Å². The van der Waals surface area contributed by atoms with Crippen molar-refractivity contribution in [1.29, 1.82) is 0 Å². The minimum atomic E-state index is -4.23.